The second-order valence-corrected chi connectivity index (χ2v) is 6.61. The predicted molar refractivity (Wildman–Crippen MR) is 78.3 cm³/mol. The predicted octanol–water partition coefficient (Wildman–Crippen LogP) is 0.818. The molecule has 0 unspecified atom stereocenters. The molecule has 0 aliphatic heterocycles. The minimum Gasteiger partial charge on any atom is -0.336 e. The fraction of sp³-hybridized carbons (Fsp3) is 0.286. The molecule has 2 rings (SSSR count). The third kappa shape index (κ3) is 4.41. The first-order chi connectivity index (χ1) is 10.1. The lowest BCUT2D eigenvalue weighted by Crippen LogP contribution is -2.26. The van der Waals surface area contributed by atoms with E-state index in [9.17, 15) is 8.42 Å². The fourth-order valence-corrected chi connectivity index (χ4v) is 3.01. The Hall–Kier alpha value is -2.17. The maximum absolute atomic E-state index is 12.1. The smallest absolute Gasteiger partial charge is 0.179 e. The molecule has 0 amide bonds. The van der Waals surface area contributed by atoms with Crippen LogP contribution in [0.15, 0.2) is 47.9 Å². The number of nitrogens with one attached hydrogen (secondary N) is 1. The highest BCUT2D eigenvalue weighted by Gasteiger charge is 2.13. The van der Waals surface area contributed by atoms with E-state index >= 15 is 0 Å². The van der Waals surface area contributed by atoms with E-state index in [1.54, 1.807) is 12.5 Å². The average molecular weight is 304 g/mol. The molecule has 21 heavy (non-hydrogen) atoms. The molecule has 0 saturated carbocycles. The van der Waals surface area contributed by atoms with Crippen molar-refractivity contribution in [3.05, 3.63) is 48.5 Å². The van der Waals surface area contributed by atoms with Crippen LogP contribution in [0.4, 0.5) is 0 Å². The van der Waals surface area contributed by atoms with E-state index in [1.165, 1.54) is 24.3 Å². The molecule has 0 aliphatic rings. The van der Waals surface area contributed by atoms with Crippen LogP contribution >= 0.6 is 0 Å². The van der Waals surface area contributed by atoms with Crippen LogP contribution in [0.2, 0.25) is 0 Å². The average Bonchev–Trinajstić information content (AvgIpc) is 3.00. The molecule has 0 atom stereocenters. The van der Waals surface area contributed by atoms with Crippen LogP contribution in [-0.4, -0.2) is 36.8 Å². The normalized spacial score (nSPS) is 11.2. The number of aromatic nitrogens is 2. The van der Waals surface area contributed by atoms with Crippen LogP contribution in [0.25, 0.3) is 0 Å². The summed E-state index contributed by atoms with van der Waals surface area (Å²) in [6, 6.07) is 7.93. The van der Waals surface area contributed by atoms with Crippen molar-refractivity contribution in [2.24, 2.45) is 0 Å². The molecule has 7 heteroatoms. The number of nitriles is 1. The van der Waals surface area contributed by atoms with Crippen molar-refractivity contribution in [3.63, 3.8) is 0 Å². The Balaban J connectivity index is 1.79. The number of benzene rings is 1. The maximum atomic E-state index is 12.1. The minimum atomic E-state index is -3.31. The van der Waals surface area contributed by atoms with Gasteiger partial charge in [0.2, 0.25) is 0 Å². The molecule has 0 fully saturated rings. The standard InChI is InChI=1S/C14H16N4O2S/c15-11-13-1-3-14(4-2-13)21(19,20)10-7-16-5-8-18-9-6-17-12-18/h1-4,6,9,12,16H,5,7-8,10H2. The Morgan fingerprint density at radius 1 is 1.24 bits per heavy atom. The van der Waals surface area contributed by atoms with Crippen LogP contribution < -0.4 is 5.32 Å². The highest BCUT2D eigenvalue weighted by molar-refractivity contribution is 7.91. The summed E-state index contributed by atoms with van der Waals surface area (Å²) in [4.78, 5) is 4.18. The van der Waals surface area contributed by atoms with Crippen LogP contribution in [0.1, 0.15) is 5.56 Å². The van der Waals surface area contributed by atoms with Crippen molar-refractivity contribution in [1.82, 2.24) is 14.9 Å². The van der Waals surface area contributed by atoms with E-state index in [4.69, 9.17) is 5.26 Å². The Bertz CT molecular complexity index is 700. The van der Waals surface area contributed by atoms with Crippen LogP contribution in [0.3, 0.4) is 0 Å². The van der Waals surface area contributed by atoms with Gasteiger partial charge >= 0.3 is 0 Å². The summed E-state index contributed by atoms with van der Waals surface area (Å²) in [5, 5.41) is 11.8. The Kier molecular flexibility index (Phi) is 5.09. The molecular formula is C14H16N4O2S. The van der Waals surface area contributed by atoms with Crippen LogP contribution in [-0.2, 0) is 16.4 Å². The van der Waals surface area contributed by atoms with Gasteiger partial charge in [-0.05, 0) is 24.3 Å². The first kappa shape index (κ1) is 15.2. The molecule has 0 radical (unpaired) electrons. The fourth-order valence-electron chi connectivity index (χ4n) is 1.81. The first-order valence-corrected chi connectivity index (χ1v) is 8.16. The largest absolute Gasteiger partial charge is 0.336 e. The summed E-state index contributed by atoms with van der Waals surface area (Å²) >= 11 is 0. The van der Waals surface area contributed by atoms with Gasteiger partial charge in [-0.15, -0.1) is 0 Å². The van der Waals surface area contributed by atoms with E-state index in [1.807, 2.05) is 16.8 Å². The molecule has 2 aromatic rings. The molecule has 0 spiro atoms. The molecule has 0 aliphatic carbocycles. The van der Waals surface area contributed by atoms with Crippen molar-refractivity contribution in [2.75, 3.05) is 18.8 Å². The highest BCUT2D eigenvalue weighted by atomic mass is 32.2. The summed E-state index contributed by atoms with van der Waals surface area (Å²) in [7, 11) is -3.31. The monoisotopic (exact) mass is 304 g/mol. The third-order valence-electron chi connectivity index (χ3n) is 3.00. The van der Waals surface area contributed by atoms with Crippen LogP contribution in [0.5, 0.6) is 0 Å². The maximum Gasteiger partial charge on any atom is 0.179 e. The van der Waals surface area contributed by atoms with Gasteiger partial charge in [-0.1, -0.05) is 0 Å². The number of rotatable bonds is 7. The van der Waals surface area contributed by atoms with Gasteiger partial charge in [-0.2, -0.15) is 5.26 Å². The lowest BCUT2D eigenvalue weighted by Gasteiger charge is -2.07. The summed E-state index contributed by atoms with van der Waals surface area (Å²) in [5.41, 5.74) is 0.451. The van der Waals surface area contributed by atoms with E-state index in [0.29, 0.717) is 18.7 Å². The Labute approximate surface area is 124 Å². The van der Waals surface area contributed by atoms with E-state index in [-0.39, 0.29) is 10.6 Å². The highest BCUT2D eigenvalue weighted by Crippen LogP contribution is 2.11. The summed E-state index contributed by atoms with van der Waals surface area (Å²) in [6.07, 6.45) is 5.28. The molecule has 0 saturated heterocycles. The quantitative estimate of drug-likeness (QED) is 0.765. The van der Waals surface area contributed by atoms with E-state index < -0.39 is 9.84 Å². The van der Waals surface area contributed by atoms with Crippen molar-refractivity contribution in [1.29, 1.82) is 5.26 Å². The van der Waals surface area contributed by atoms with Gasteiger partial charge in [-0.3, -0.25) is 0 Å². The number of imidazole rings is 1. The van der Waals surface area contributed by atoms with Crippen LogP contribution in [0, 0.1) is 11.3 Å². The summed E-state index contributed by atoms with van der Waals surface area (Å²) in [5.74, 6) is 0.0306. The number of nitrogens with zero attached hydrogens (tertiary/aromatic N) is 3. The summed E-state index contributed by atoms with van der Waals surface area (Å²) in [6.45, 7) is 1.81. The topological polar surface area (TPSA) is 87.8 Å². The molecule has 1 aromatic carbocycles. The Morgan fingerprint density at radius 3 is 2.62 bits per heavy atom. The Morgan fingerprint density at radius 2 is 2.00 bits per heavy atom. The molecule has 1 aromatic heterocycles. The zero-order chi connectivity index (χ0) is 15.1. The van der Waals surface area contributed by atoms with Gasteiger partial charge < -0.3 is 9.88 Å². The molecule has 1 heterocycles. The van der Waals surface area contributed by atoms with E-state index in [2.05, 4.69) is 10.3 Å². The zero-order valence-corrected chi connectivity index (χ0v) is 12.3. The SMILES string of the molecule is N#Cc1ccc(S(=O)(=O)CCNCCn2ccnc2)cc1. The van der Waals surface area contributed by atoms with Gasteiger partial charge in [0, 0.05) is 32.0 Å². The van der Waals surface area contributed by atoms with Gasteiger partial charge in [-0.25, -0.2) is 13.4 Å². The summed E-state index contributed by atoms with van der Waals surface area (Å²) < 4.78 is 26.1. The lowest BCUT2D eigenvalue weighted by molar-refractivity contribution is 0.582. The lowest BCUT2D eigenvalue weighted by atomic mass is 10.2. The molecule has 6 nitrogen and oxygen atoms in total. The zero-order valence-electron chi connectivity index (χ0n) is 11.4. The third-order valence-corrected chi connectivity index (χ3v) is 4.73. The van der Waals surface area contributed by atoms with Crippen molar-refractivity contribution in [2.45, 2.75) is 11.4 Å². The molecular weight excluding hydrogens is 288 g/mol. The second-order valence-electron chi connectivity index (χ2n) is 4.51. The molecule has 110 valence electrons. The first-order valence-electron chi connectivity index (χ1n) is 6.51. The van der Waals surface area contributed by atoms with Crippen molar-refractivity contribution in [3.8, 4) is 6.07 Å². The van der Waals surface area contributed by atoms with Gasteiger partial charge in [0.15, 0.2) is 9.84 Å². The van der Waals surface area contributed by atoms with Crippen molar-refractivity contribution >= 4 is 9.84 Å². The van der Waals surface area contributed by atoms with E-state index in [0.717, 1.165) is 6.54 Å². The van der Waals surface area contributed by atoms with Gasteiger partial charge in [0.05, 0.1) is 28.6 Å². The number of hydrogen-bond donors (Lipinski definition) is 1. The van der Waals surface area contributed by atoms with Gasteiger partial charge in [0.25, 0.3) is 0 Å². The number of sulfone groups is 1. The number of hydrogen-bond acceptors (Lipinski definition) is 5. The van der Waals surface area contributed by atoms with Crippen molar-refractivity contribution < 1.29 is 8.42 Å². The minimum absolute atomic E-state index is 0.0306. The molecule has 1 N–H and O–H groups in total. The second kappa shape index (κ2) is 7.02. The van der Waals surface area contributed by atoms with Gasteiger partial charge in [0.1, 0.15) is 0 Å². The molecule has 0 bridgehead atoms.